The number of piperidine rings is 2. The highest BCUT2D eigenvalue weighted by atomic mass is 32.2. The maximum Gasteiger partial charge on any atom is 0.301 e. The van der Waals surface area contributed by atoms with Crippen LogP contribution in [0.25, 0.3) is 22.2 Å². The van der Waals surface area contributed by atoms with Crippen molar-refractivity contribution >= 4 is 56.4 Å². The second kappa shape index (κ2) is 18.0. The van der Waals surface area contributed by atoms with Crippen molar-refractivity contribution in [3.8, 4) is 16.9 Å². The van der Waals surface area contributed by atoms with E-state index in [9.17, 15) is 27.6 Å². The zero-order chi connectivity index (χ0) is 44.5. The van der Waals surface area contributed by atoms with E-state index in [4.69, 9.17) is 4.74 Å². The van der Waals surface area contributed by atoms with Gasteiger partial charge in [0.15, 0.2) is 11.9 Å². The van der Waals surface area contributed by atoms with Gasteiger partial charge in [0.05, 0.1) is 17.8 Å². The van der Waals surface area contributed by atoms with Crippen LogP contribution in [0.5, 0.6) is 5.75 Å². The van der Waals surface area contributed by atoms with Crippen LogP contribution in [0.2, 0.25) is 0 Å². The van der Waals surface area contributed by atoms with E-state index in [1.165, 1.54) is 16.1 Å². The number of amides is 3. The highest BCUT2D eigenvalue weighted by Crippen LogP contribution is 2.32. The Labute approximate surface area is 367 Å². The first kappa shape index (κ1) is 42.9. The van der Waals surface area contributed by atoms with Gasteiger partial charge in [0, 0.05) is 99.0 Å². The molecule has 64 heavy (non-hydrogen) atoms. The average Bonchev–Trinajstić information content (AvgIpc) is 4.01. The number of benzene rings is 2. The van der Waals surface area contributed by atoms with Crippen molar-refractivity contribution in [3.63, 3.8) is 0 Å². The van der Waals surface area contributed by atoms with Crippen LogP contribution >= 0.6 is 0 Å². The minimum Gasteiger partial charge on any atom is -0.481 e. The van der Waals surface area contributed by atoms with Crippen LogP contribution in [0.3, 0.4) is 0 Å². The SMILES string of the molecule is O=C1CCC(Oc2ccc(C3CCN(CC(=O)N4CCN(c5ncc(-c6cnc7[nH]cc(C(=O)c8c(F)ccc(NS(=O)(=O)N9CCCC9)c8F)c7c6)cn5)CC4)CC3)cc2)C(=O)N1. The summed E-state index contributed by atoms with van der Waals surface area (Å²) in [6, 6.07) is 11.2. The second-order valence-electron chi connectivity index (χ2n) is 16.5. The van der Waals surface area contributed by atoms with Gasteiger partial charge in [-0.1, -0.05) is 12.1 Å². The van der Waals surface area contributed by atoms with Crippen molar-refractivity contribution < 1.29 is 41.1 Å². The van der Waals surface area contributed by atoms with E-state index in [0.29, 0.717) is 91.8 Å². The number of likely N-dealkylation sites (tertiary alicyclic amines) is 1. The van der Waals surface area contributed by atoms with Gasteiger partial charge in [0.25, 0.3) is 5.91 Å². The van der Waals surface area contributed by atoms with Crippen molar-refractivity contribution in [2.75, 3.05) is 68.5 Å². The van der Waals surface area contributed by atoms with Crippen molar-refractivity contribution in [1.29, 1.82) is 0 Å². The molecule has 9 rings (SSSR count). The highest BCUT2D eigenvalue weighted by molar-refractivity contribution is 7.90. The highest BCUT2D eigenvalue weighted by Gasteiger charge is 2.32. The number of carbonyl (C=O) groups is 4. The van der Waals surface area contributed by atoms with E-state index in [1.54, 1.807) is 24.7 Å². The summed E-state index contributed by atoms with van der Waals surface area (Å²) in [7, 11) is -4.10. The van der Waals surface area contributed by atoms with Crippen molar-refractivity contribution in [2.45, 2.75) is 50.5 Å². The number of anilines is 2. The van der Waals surface area contributed by atoms with Gasteiger partial charge >= 0.3 is 10.2 Å². The molecule has 3 N–H and O–H groups in total. The quantitative estimate of drug-likeness (QED) is 0.120. The fourth-order valence-electron chi connectivity index (χ4n) is 8.73. The Hall–Kier alpha value is -6.38. The van der Waals surface area contributed by atoms with Gasteiger partial charge in [-0.3, -0.25) is 34.1 Å². The number of halogens is 2. The summed E-state index contributed by atoms with van der Waals surface area (Å²) < 4.78 is 65.6. The van der Waals surface area contributed by atoms with Crippen molar-refractivity contribution in [3.05, 3.63) is 95.6 Å². The predicted molar refractivity (Wildman–Crippen MR) is 231 cm³/mol. The summed E-state index contributed by atoms with van der Waals surface area (Å²) >= 11 is 0. The smallest absolute Gasteiger partial charge is 0.301 e. The van der Waals surface area contributed by atoms with Gasteiger partial charge in [-0.05, 0) is 80.6 Å². The molecule has 0 spiro atoms. The van der Waals surface area contributed by atoms with Gasteiger partial charge in [-0.2, -0.15) is 12.7 Å². The Kier molecular flexibility index (Phi) is 12.1. The summed E-state index contributed by atoms with van der Waals surface area (Å²) in [4.78, 5) is 73.1. The Morgan fingerprint density at radius 2 is 1.55 bits per heavy atom. The first-order chi connectivity index (χ1) is 30.9. The molecule has 7 heterocycles. The van der Waals surface area contributed by atoms with Gasteiger partial charge in [-0.15, -0.1) is 0 Å². The maximum absolute atomic E-state index is 15.7. The molecule has 334 valence electrons. The molecule has 0 aliphatic carbocycles. The number of H-pyrrole nitrogens is 1. The zero-order valence-electron chi connectivity index (χ0n) is 34.8. The number of fused-ring (bicyclic) bond motifs is 1. The molecule has 20 heteroatoms. The Bertz CT molecular complexity index is 2700. The lowest BCUT2D eigenvalue weighted by molar-refractivity contribution is -0.139. The van der Waals surface area contributed by atoms with Gasteiger partial charge < -0.3 is 19.5 Å². The molecule has 17 nitrogen and oxygen atoms in total. The van der Waals surface area contributed by atoms with E-state index in [1.807, 2.05) is 34.1 Å². The Morgan fingerprint density at radius 3 is 2.25 bits per heavy atom. The van der Waals surface area contributed by atoms with Crippen LogP contribution in [-0.2, 0) is 24.6 Å². The standard InChI is InChI=1S/C44H46F2N10O7S/c45-34-7-8-35(52-64(61,62)56-13-1-2-14-56)40(46)39(34)41(59)33-25-48-42-32(33)21-29(22-47-42)30-23-49-44(50-24-30)55-19-17-54(18-20-55)38(58)26-53-15-11-28(12-16-53)27-3-5-31(6-4-27)63-36-9-10-37(57)51-43(36)60/h3-8,21-25,28,36,52H,1-2,9-20,26H2,(H,47,48)(H,51,57,60). The van der Waals surface area contributed by atoms with Crippen LogP contribution < -0.4 is 19.7 Å². The summed E-state index contributed by atoms with van der Waals surface area (Å²) in [5.74, 6) is -2.63. The van der Waals surface area contributed by atoms with E-state index in [0.717, 1.165) is 38.1 Å². The minimum atomic E-state index is -4.10. The number of hydrogen-bond acceptors (Lipinski definition) is 12. The molecule has 0 bridgehead atoms. The third-order valence-corrected chi connectivity index (χ3v) is 13.9. The minimum absolute atomic E-state index is 0.0562. The molecule has 4 fully saturated rings. The molecule has 5 aromatic rings. The van der Waals surface area contributed by atoms with Crippen LogP contribution in [0, 0.1) is 11.6 Å². The number of aromatic nitrogens is 4. The molecule has 1 unspecified atom stereocenters. The van der Waals surface area contributed by atoms with Crippen molar-refractivity contribution in [2.24, 2.45) is 0 Å². The van der Waals surface area contributed by atoms with E-state index in [-0.39, 0.29) is 36.9 Å². The fraction of sp³-hybridized carbons (Fsp3) is 0.386. The Balaban J connectivity index is 0.771. The van der Waals surface area contributed by atoms with E-state index < -0.39 is 50.9 Å². The lowest BCUT2D eigenvalue weighted by Gasteiger charge is -2.37. The largest absolute Gasteiger partial charge is 0.481 e. The molecule has 2 aromatic carbocycles. The van der Waals surface area contributed by atoms with E-state index >= 15 is 8.78 Å². The molecule has 0 saturated carbocycles. The molecular weight excluding hydrogens is 851 g/mol. The van der Waals surface area contributed by atoms with Crippen molar-refractivity contribution in [1.82, 2.24) is 39.4 Å². The second-order valence-corrected chi connectivity index (χ2v) is 18.1. The number of imide groups is 1. The Morgan fingerprint density at radius 1 is 0.844 bits per heavy atom. The lowest BCUT2D eigenvalue weighted by Crippen LogP contribution is -2.52. The number of pyridine rings is 1. The van der Waals surface area contributed by atoms with Crippen LogP contribution in [0.15, 0.2) is 67.3 Å². The van der Waals surface area contributed by atoms with E-state index in [2.05, 4.69) is 34.9 Å². The first-order valence-electron chi connectivity index (χ1n) is 21.4. The summed E-state index contributed by atoms with van der Waals surface area (Å²) in [6.45, 7) is 4.63. The molecule has 3 amide bonds. The third kappa shape index (κ3) is 9.02. The summed E-state index contributed by atoms with van der Waals surface area (Å²) in [5.41, 5.74) is 1.14. The maximum atomic E-state index is 15.7. The first-order valence-corrected chi connectivity index (χ1v) is 22.8. The number of piperazine rings is 1. The monoisotopic (exact) mass is 896 g/mol. The lowest BCUT2D eigenvalue weighted by atomic mass is 9.89. The molecule has 4 aliphatic heterocycles. The molecule has 0 radical (unpaired) electrons. The number of ether oxygens (including phenoxy) is 1. The summed E-state index contributed by atoms with van der Waals surface area (Å²) in [6.07, 6.45) is 9.23. The number of aromatic amines is 1. The molecule has 4 saturated heterocycles. The molecule has 3 aromatic heterocycles. The number of nitrogens with zero attached hydrogens (tertiary/aromatic N) is 7. The van der Waals surface area contributed by atoms with Crippen LogP contribution in [-0.4, -0.2) is 131 Å². The zero-order valence-corrected chi connectivity index (χ0v) is 35.6. The predicted octanol–water partition coefficient (Wildman–Crippen LogP) is 3.99. The number of rotatable bonds is 12. The van der Waals surface area contributed by atoms with Gasteiger partial charge in [-0.25, -0.2) is 23.7 Å². The summed E-state index contributed by atoms with van der Waals surface area (Å²) in [5, 5.41) is 2.61. The molecule has 1 atom stereocenters. The molecule has 4 aliphatic rings. The fourth-order valence-corrected chi connectivity index (χ4v) is 10.0. The normalized spacial score (nSPS) is 19.2. The average molecular weight is 897 g/mol. The topological polar surface area (TPSA) is 203 Å². The number of nitrogens with one attached hydrogen (secondary N) is 3. The van der Waals surface area contributed by atoms with Crippen LogP contribution in [0.4, 0.5) is 20.4 Å². The van der Waals surface area contributed by atoms with Gasteiger partial charge in [0.1, 0.15) is 17.2 Å². The van der Waals surface area contributed by atoms with Crippen LogP contribution in [0.1, 0.15) is 65.9 Å². The molecular formula is C44H46F2N10O7S. The third-order valence-electron chi connectivity index (χ3n) is 12.4. The number of ketones is 1. The number of hydrogen-bond donors (Lipinski definition) is 3. The number of carbonyl (C=O) groups excluding carboxylic acids is 4. The van der Waals surface area contributed by atoms with Gasteiger partial charge in [0.2, 0.25) is 23.5 Å².